The highest BCUT2D eigenvalue weighted by molar-refractivity contribution is 5.95. The van der Waals surface area contributed by atoms with Crippen LogP contribution >= 0.6 is 0 Å². The minimum atomic E-state index is -0.968. The van der Waals surface area contributed by atoms with Gasteiger partial charge in [0, 0.05) is 6.54 Å². The van der Waals surface area contributed by atoms with E-state index in [1.165, 1.54) is 11.1 Å². The molecule has 1 unspecified atom stereocenters. The molecule has 0 radical (unpaired) electrons. The Balaban J connectivity index is 2.17. The number of amides is 1. The minimum Gasteiger partial charge on any atom is -0.480 e. The Morgan fingerprint density at radius 3 is 3.00 bits per heavy atom. The number of nitrogens with zero attached hydrogens (tertiary/aromatic N) is 3. The highest BCUT2D eigenvalue weighted by Gasteiger charge is 2.35. The van der Waals surface area contributed by atoms with Crippen LogP contribution in [0.15, 0.2) is 6.20 Å². The molecule has 2 rings (SSSR count). The second kappa shape index (κ2) is 3.68. The van der Waals surface area contributed by atoms with Crippen molar-refractivity contribution < 1.29 is 14.7 Å². The van der Waals surface area contributed by atoms with E-state index in [1.807, 2.05) is 0 Å². The average molecular weight is 210 g/mol. The molecule has 0 aromatic carbocycles. The van der Waals surface area contributed by atoms with E-state index in [9.17, 15) is 9.59 Å². The molecule has 1 aliphatic heterocycles. The van der Waals surface area contributed by atoms with E-state index in [-0.39, 0.29) is 11.6 Å². The third-order valence-electron chi connectivity index (χ3n) is 2.43. The molecule has 7 nitrogen and oxygen atoms in total. The summed E-state index contributed by atoms with van der Waals surface area (Å²) in [5, 5.41) is 18.4. The van der Waals surface area contributed by atoms with Crippen LogP contribution in [-0.4, -0.2) is 49.9 Å². The molecule has 0 bridgehead atoms. The summed E-state index contributed by atoms with van der Waals surface area (Å²) >= 11 is 0. The zero-order chi connectivity index (χ0) is 10.8. The summed E-state index contributed by atoms with van der Waals surface area (Å²) in [6.45, 7) is 0.461. The Bertz CT molecular complexity index is 375. The molecule has 1 amide bonds. The van der Waals surface area contributed by atoms with Crippen LogP contribution in [0.2, 0.25) is 0 Å². The van der Waals surface area contributed by atoms with Crippen LogP contribution in [0, 0.1) is 0 Å². The number of hydrogen-bond donors (Lipinski definition) is 2. The maximum atomic E-state index is 11.8. The van der Waals surface area contributed by atoms with Gasteiger partial charge in [-0.3, -0.25) is 4.79 Å². The zero-order valence-electron chi connectivity index (χ0n) is 7.88. The van der Waals surface area contributed by atoms with Crippen molar-refractivity contribution >= 4 is 11.9 Å². The molecule has 1 aromatic heterocycles. The molecular formula is C8H10N4O3. The monoisotopic (exact) mass is 210 g/mol. The van der Waals surface area contributed by atoms with Gasteiger partial charge in [0.2, 0.25) is 0 Å². The van der Waals surface area contributed by atoms with Gasteiger partial charge in [-0.25, -0.2) is 4.79 Å². The van der Waals surface area contributed by atoms with Gasteiger partial charge in [0.05, 0.1) is 6.20 Å². The topological polar surface area (TPSA) is 99.2 Å². The van der Waals surface area contributed by atoms with Crippen molar-refractivity contribution in [3.05, 3.63) is 11.9 Å². The molecule has 0 saturated carbocycles. The molecule has 1 fully saturated rings. The van der Waals surface area contributed by atoms with Crippen LogP contribution in [0.4, 0.5) is 0 Å². The summed E-state index contributed by atoms with van der Waals surface area (Å²) in [5.74, 6) is -1.35. The van der Waals surface area contributed by atoms with Gasteiger partial charge in [-0.15, -0.1) is 0 Å². The van der Waals surface area contributed by atoms with E-state index in [0.29, 0.717) is 19.4 Å². The Morgan fingerprint density at radius 1 is 1.60 bits per heavy atom. The maximum absolute atomic E-state index is 11.8. The van der Waals surface area contributed by atoms with Crippen LogP contribution in [-0.2, 0) is 4.79 Å². The molecule has 1 saturated heterocycles. The van der Waals surface area contributed by atoms with Gasteiger partial charge >= 0.3 is 5.97 Å². The third kappa shape index (κ3) is 1.67. The fraction of sp³-hybridized carbons (Fsp3) is 0.500. The van der Waals surface area contributed by atoms with Crippen molar-refractivity contribution in [3.8, 4) is 0 Å². The summed E-state index contributed by atoms with van der Waals surface area (Å²) in [4.78, 5) is 23.9. The fourth-order valence-electron chi connectivity index (χ4n) is 1.72. The van der Waals surface area contributed by atoms with E-state index in [1.54, 1.807) is 0 Å². The number of carbonyl (C=O) groups excluding carboxylic acids is 1. The molecule has 7 heteroatoms. The first kappa shape index (κ1) is 9.63. The second-order valence-electron chi connectivity index (χ2n) is 3.35. The number of aliphatic carboxylic acids is 1. The maximum Gasteiger partial charge on any atom is 0.326 e. The molecular weight excluding hydrogens is 200 g/mol. The zero-order valence-corrected chi connectivity index (χ0v) is 7.88. The number of carboxylic acid groups (broad SMARTS) is 1. The lowest BCUT2D eigenvalue weighted by molar-refractivity contribution is -0.141. The molecule has 15 heavy (non-hydrogen) atoms. The SMILES string of the molecule is O=C(O)C1CCCN1C(=O)c1cn[nH]n1. The van der Waals surface area contributed by atoms with Crippen molar-refractivity contribution in [2.24, 2.45) is 0 Å². The van der Waals surface area contributed by atoms with Crippen molar-refractivity contribution in [2.45, 2.75) is 18.9 Å². The highest BCUT2D eigenvalue weighted by atomic mass is 16.4. The molecule has 0 spiro atoms. The average Bonchev–Trinajstić information content (AvgIpc) is 2.88. The molecule has 80 valence electrons. The van der Waals surface area contributed by atoms with Crippen molar-refractivity contribution in [1.82, 2.24) is 20.3 Å². The number of rotatable bonds is 2. The number of likely N-dealkylation sites (tertiary alicyclic amines) is 1. The van der Waals surface area contributed by atoms with Crippen LogP contribution in [0.5, 0.6) is 0 Å². The van der Waals surface area contributed by atoms with Gasteiger partial charge in [-0.1, -0.05) is 0 Å². The third-order valence-corrected chi connectivity index (χ3v) is 2.43. The first-order valence-electron chi connectivity index (χ1n) is 4.59. The quantitative estimate of drug-likeness (QED) is 0.685. The Kier molecular flexibility index (Phi) is 2.36. The van der Waals surface area contributed by atoms with Gasteiger partial charge in [-0.2, -0.15) is 15.4 Å². The van der Waals surface area contributed by atoms with Crippen molar-refractivity contribution in [1.29, 1.82) is 0 Å². The molecule has 2 N–H and O–H groups in total. The normalized spacial score (nSPS) is 20.5. The number of H-pyrrole nitrogens is 1. The van der Waals surface area contributed by atoms with E-state index in [0.717, 1.165) is 0 Å². The Labute approximate surface area is 85.1 Å². The summed E-state index contributed by atoms with van der Waals surface area (Å²) in [7, 11) is 0. The Morgan fingerprint density at radius 2 is 2.40 bits per heavy atom. The predicted molar refractivity (Wildman–Crippen MR) is 48.1 cm³/mol. The minimum absolute atomic E-state index is 0.156. The largest absolute Gasteiger partial charge is 0.480 e. The number of aromatic amines is 1. The van der Waals surface area contributed by atoms with Crippen LogP contribution in [0.3, 0.4) is 0 Å². The lowest BCUT2D eigenvalue weighted by Crippen LogP contribution is -2.40. The molecule has 0 aliphatic carbocycles. The van der Waals surface area contributed by atoms with E-state index in [4.69, 9.17) is 5.11 Å². The van der Waals surface area contributed by atoms with Crippen molar-refractivity contribution in [3.63, 3.8) is 0 Å². The smallest absolute Gasteiger partial charge is 0.326 e. The fourth-order valence-corrected chi connectivity index (χ4v) is 1.72. The van der Waals surface area contributed by atoms with Crippen LogP contribution in [0.25, 0.3) is 0 Å². The lowest BCUT2D eigenvalue weighted by Gasteiger charge is -2.19. The number of aromatic nitrogens is 3. The first-order chi connectivity index (χ1) is 7.20. The predicted octanol–water partition coefficient (Wildman–Crippen LogP) is -0.506. The van der Waals surface area contributed by atoms with Gasteiger partial charge in [0.1, 0.15) is 6.04 Å². The van der Waals surface area contributed by atoms with Gasteiger partial charge in [-0.05, 0) is 12.8 Å². The summed E-state index contributed by atoms with van der Waals surface area (Å²) < 4.78 is 0. The molecule has 2 heterocycles. The van der Waals surface area contributed by atoms with Gasteiger partial charge in [0.15, 0.2) is 5.69 Å². The van der Waals surface area contributed by atoms with E-state index < -0.39 is 12.0 Å². The number of nitrogens with one attached hydrogen (secondary N) is 1. The van der Waals surface area contributed by atoms with Gasteiger partial charge in [0.25, 0.3) is 5.91 Å². The van der Waals surface area contributed by atoms with E-state index in [2.05, 4.69) is 15.4 Å². The molecule has 1 aliphatic rings. The molecule has 1 aromatic rings. The van der Waals surface area contributed by atoms with Crippen LogP contribution in [0.1, 0.15) is 23.3 Å². The highest BCUT2D eigenvalue weighted by Crippen LogP contribution is 2.19. The van der Waals surface area contributed by atoms with Crippen molar-refractivity contribution in [2.75, 3.05) is 6.54 Å². The number of hydrogen-bond acceptors (Lipinski definition) is 4. The first-order valence-corrected chi connectivity index (χ1v) is 4.59. The standard InChI is InChI=1S/C8H10N4O3/c13-7(5-4-9-11-10-5)12-3-1-2-6(12)8(14)15/h4,6H,1-3H2,(H,14,15)(H,9,10,11). The number of carbonyl (C=O) groups is 2. The second-order valence-corrected chi connectivity index (χ2v) is 3.35. The lowest BCUT2D eigenvalue weighted by atomic mass is 10.2. The number of carboxylic acids is 1. The summed E-state index contributed by atoms with van der Waals surface area (Å²) in [6, 6.07) is -0.728. The van der Waals surface area contributed by atoms with Gasteiger partial charge < -0.3 is 10.0 Å². The summed E-state index contributed by atoms with van der Waals surface area (Å²) in [5.41, 5.74) is 0.156. The van der Waals surface area contributed by atoms with Crippen LogP contribution < -0.4 is 0 Å². The summed E-state index contributed by atoms with van der Waals surface area (Å²) in [6.07, 6.45) is 2.50. The molecule has 1 atom stereocenters. The van der Waals surface area contributed by atoms with E-state index >= 15 is 0 Å². The Hall–Kier alpha value is -1.92.